The van der Waals surface area contributed by atoms with E-state index in [0.29, 0.717) is 0 Å². The largest absolute Gasteiger partial charge is 0.244 e. The molecule has 1 aromatic carbocycles. The number of rotatable bonds is 2. The van der Waals surface area contributed by atoms with Gasteiger partial charge in [0.1, 0.15) is 12.7 Å². The molecule has 2 aromatic heterocycles. The highest BCUT2D eigenvalue weighted by Crippen LogP contribution is 2.32. The van der Waals surface area contributed by atoms with Crippen LogP contribution in [0.3, 0.4) is 0 Å². The second-order valence-corrected chi connectivity index (χ2v) is 6.30. The quantitative estimate of drug-likeness (QED) is 0.718. The smallest absolute Gasteiger partial charge is 0.115 e. The Balaban J connectivity index is 2.19. The molecule has 3 rings (SSSR count). The molecule has 2 heterocycles. The first-order valence-corrected chi connectivity index (χ1v) is 7.20. The summed E-state index contributed by atoms with van der Waals surface area (Å²) >= 11 is 0. The van der Waals surface area contributed by atoms with Crippen LogP contribution in [-0.2, 0) is 5.41 Å². The first-order chi connectivity index (χ1) is 10.5. The summed E-state index contributed by atoms with van der Waals surface area (Å²) in [6, 6.07) is 6.53. The van der Waals surface area contributed by atoms with Crippen molar-refractivity contribution in [2.75, 3.05) is 0 Å². The molecule has 0 aliphatic heterocycles. The Kier molecular flexibility index (Phi) is 3.67. The van der Waals surface area contributed by atoms with E-state index in [1.165, 1.54) is 5.56 Å². The molecule has 0 fully saturated rings. The minimum atomic E-state index is 0.0516. The molecule has 0 bridgehead atoms. The summed E-state index contributed by atoms with van der Waals surface area (Å²) < 4.78 is 0. The molecule has 0 amide bonds. The highest BCUT2D eigenvalue weighted by Gasteiger charge is 2.16. The summed E-state index contributed by atoms with van der Waals surface area (Å²) in [4.78, 5) is 16.5. The molecule has 22 heavy (non-hydrogen) atoms. The Morgan fingerprint density at radius 2 is 1.00 bits per heavy atom. The lowest BCUT2D eigenvalue weighted by Gasteiger charge is -2.21. The number of hydrogen-bond acceptors (Lipinski definition) is 4. The van der Waals surface area contributed by atoms with Crippen molar-refractivity contribution in [2.24, 2.45) is 0 Å². The lowest BCUT2D eigenvalue weighted by Crippen LogP contribution is -2.11. The molecule has 110 valence electrons. The second kappa shape index (κ2) is 5.64. The van der Waals surface area contributed by atoms with E-state index in [1.807, 2.05) is 24.8 Å². The van der Waals surface area contributed by atoms with Gasteiger partial charge in [-0.25, -0.2) is 19.9 Å². The molecular weight excluding hydrogens is 272 g/mol. The summed E-state index contributed by atoms with van der Waals surface area (Å²) in [7, 11) is 0. The van der Waals surface area contributed by atoms with Gasteiger partial charge in [0, 0.05) is 35.9 Å². The maximum Gasteiger partial charge on any atom is 0.115 e. The zero-order valence-corrected chi connectivity index (χ0v) is 13.0. The summed E-state index contributed by atoms with van der Waals surface area (Å²) in [6.45, 7) is 6.62. The van der Waals surface area contributed by atoms with Crippen molar-refractivity contribution in [3.05, 3.63) is 61.2 Å². The highest BCUT2D eigenvalue weighted by molar-refractivity contribution is 5.73. The van der Waals surface area contributed by atoms with E-state index in [4.69, 9.17) is 0 Å². The van der Waals surface area contributed by atoms with E-state index in [0.717, 1.165) is 22.3 Å². The standard InChI is InChI=1S/C18H18N4/c1-18(2,3)17-5-13(15-7-19-11-20-8-15)4-14(6-17)16-9-21-12-22-10-16/h4-12H,1-3H3. The Labute approximate surface area is 130 Å². The van der Waals surface area contributed by atoms with Crippen LogP contribution in [0, 0.1) is 0 Å². The SMILES string of the molecule is CC(C)(C)c1cc(-c2cncnc2)cc(-c2cncnc2)c1. The fraction of sp³-hybridized carbons (Fsp3) is 0.222. The minimum absolute atomic E-state index is 0.0516. The predicted octanol–water partition coefficient (Wildman–Crippen LogP) is 3.90. The third-order valence-electron chi connectivity index (χ3n) is 3.59. The van der Waals surface area contributed by atoms with Crippen molar-refractivity contribution in [3.63, 3.8) is 0 Å². The monoisotopic (exact) mass is 290 g/mol. The molecule has 4 heteroatoms. The molecular formula is C18H18N4. The molecule has 0 radical (unpaired) electrons. The second-order valence-electron chi connectivity index (χ2n) is 6.30. The molecule has 0 aliphatic carbocycles. The number of benzene rings is 1. The molecule has 0 spiro atoms. The van der Waals surface area contributed by atoms with Gasteiger partial charge in [-0.15, -0.1) is 0 Å². The predicted molar refractivity (Wildman–Crippen MR) is 87.2 cm³/mol. The van der Waals surface area contributed by atoms with Gasteiger partial charge in [0.05, 0.1) is 0 Å². The van der Waals surface area contributed by atoms with Crippen molar-refractivity contribution in [3.8, 4) is 22.3 Å². The van der Waals surface area contributed by atoms with Gasteiger partial charge in [0.25, 0.3) is 0 Å². The molecule has 0 saturated carbocycles. The van der Waals surface area contributed by atoms with Crippen LogP contribution >= 0.6 is 0 Å². The first-order valence-electron chi connectivity index (χ1n) is 7.20. The van der Waals surface area contributed by atoms with E-state index in [-0.39, 0.29) is 5.41 Å². The lowest BCUT2D eigenvalue weighted by atomic mass is 9.83. The lowest BCUT2D eigenvalue weighted by molar-refractivity contribution is 0.590. The summed E-state index contributed by atoms with van der Waals surface area (Å²) in [5, 5.41) is 0. The van der Waals surface area contributed by atoms with E-state index in [1.54, 1.807) is 12.7 Å². The summed E-state index contributed by atoms with van der Waals surface area (Å²) in [5.74, 6) is 0. The molecule has 0 unspecified atom stereocenters. The summed E-state index contributed by atoms with van der Waals surface area (Å²) in [5.41, 5.74) is 5.53. The van der Waals surface area contributed by atoms with Crippen molar-refractivity contribution in [1.29, 1.82) is 0 Å². The zero-order valence-electron chi connectivity index (χ0n) is 13.0. The first kappa shape index (κ1) is 14.3. The van der Waals surface area contributed by atoms with Crippen LogP contribution < -0.4 is 0 Å². The van der Waals surface area contributed by atoms with Crippen LogP contribution in [0.25, 0.3) is 22.3 Å². The van der Waals surface area contributed by atoms with Gasteiger partial charge in [-0.05, 0) is 28.2 Å². The minimum Gasteiger partial charge on any atom is -0.244 e. The highest BCUT2D eigenvalue weighted by atomic mass is 14.8. The van der Waals surface area contributed by atoms with E-state index < -0.39 is 0 Å². The normalized spacial score (nSPS) is 11.4. The average Bonchev–Trinajstić information content (AvgIpc) is 2.55. The van der Waals surface area contributed by atoms with Crippen LogP contribution in [0.1, 0.15) is 26.3 Å². The van der Waals surface area contributed by atoms with Gasteiger partial charge >= 0.3 is 0 Å². The fourth-order valence-corrected chi connectivity index (χ4v) is 2.29. The summed E-state index contributed by atoms with van der Waals surface area (Å²) in [6.07, 6.45) is 10.4. The Morgan fingerprint density at radius 1 is 0.591 bits per heavy atom. The molecule has 0 atom stereocenters. The van der Waals surface area contributed by atoms with Gasteiger partial charge in [-0.3, -0.25) is 0 Å². The third kappa shape index (κ3) is 3.01. The van der Waals surface area contributed by atoms with Crippen molar-refractivity contribution >= 4 is 0 Å². The molecule has 4 nitrogen and oxygen atoms in total. The van der Waals surface area contributed by atoms with Gasteiger partial charge in [0.2, 0.25) is 0 Å². The van der Waals surface area contributed by atoms with Crippen molar-refractivity contribution < 1.29 is 0 Å². The van der Waals surface area contributed by atoms with Crippen LogP contribution in [0.15, 0.2) is 55.6 Å². The molecule has 0 aliphatic rings. The maximum atomic E-state index is 4.12. The van der Waals surface area contributed by atoms with Crippen molar-refractivity contribution in [1.82, 2.24) is 19.9 Å². The van der Waals surface area contributed by atoms with Crippen LogP contribution in [-0.4, -0.2) is 19.9 Å². The average molecular weight is 290 g/mol. The van der Waals surface area contributed by atoms with E-state index in [9.17, 15) is 0 Å². The Hall–Kier alpha value is -2.62. The molecule has 3 aromatic rings. The third-order valence-corrected chi connectivity index (χ3v) is 3.59. The van der Waals surface area contributed by atoms with Gasteiger partial charge < -0.3 is 0 Å². The maximum absolute atomic E-state index is 4.12. The van der Waals surface area contributed by atoms with E-state index >= 15 is 0 Å². The topological polar surface area (TPSA) is 51.6 Å². The molecule has 0 N–H and O–H groups in total. The zero-order chi connectivity index (χ0) is 15.6. The fourth-order valence-electron chi connectivity index (χ4n) is 2.29. The number of nitrogens with zero attached hydrogens (tertiary/aromatic N) is 4. The van der Waals surface area contributed by atoms with Gasteiger partial charge in [0.15, 0.2) is 0 Å². The van der Waals surface area contributed by atoms with Gasteiger partial charge in [-0.2, -0.15) is 0 Å². The molecule has 0 saturated heterocycles. The van der Waals surface area contributed by atoms with Crippen LogP contribution in [0.4, 0.5) is 0 Å². The number of hydrogen-bond donors (Lipinski definition) is 0. The number of aromatic nitrogens is 4. The Bertz CT molecular complexity index is 704. The Morgan fingerprint density at radius 3 is 1.36 bits per heavy atom. The van der Waals surface area contributed by atoms with Crippen LogP contribution in [0.5, 0.6) is 0 Å². The van der Waals surface area contributed by atoms with Crippen LogP contribution in [0.2, 0.25) is 0 Å². The van der Waals surface area contributed by atoms with Gasteiger partial charge in [-0.1, -0.05) is 32.9 Å². The van der Waals surface area contributed by atoms with Crippen molar-refractivity contribution in [2.45, 2.75) is 26.2 Å². The van der Waals surface area contributed by atoms with E-state index in [2.05, 4.69) is 58.9 Å².